The lowest BCUT2D eigenvalue weighted by molar-refractivity contribution is 0.669. The Labute approximate surface area is 225 Å². The maximum atomic E-state index is 6.06. The van der Waals surface area contributed by atoms with Gasteiger partial charge in [-0.05, 0) is 58.3 Å². The predicted octanol–water partition coefficient (Wildman–Crippen LogP) is 9.68. The van der Waals surface area contributed by atoms with Crippen molar-refractivity contribution in [3.8, 4) is 33.8 Å². The zero-order valence-corrected chi connectivity index (χ0v) is 21.0. The maximum Gasteiger partial charge on any atom is 0.160 e. The second kappa shape index (κ2) is 8.64. The van der Waals surface area contributed by atoms with Gasteiger partial charge in [-0.2, -0.15) is 0 Å². The number of para-hydroxylation sites is 2. The van der Waals surface area contributed by atoms with Gasteiger partial charge >= 0.3 is 0 Å². The summed E-state index contributed by atoms with van der Waals surface area (Å²) in [5.41, 5.74) is 8.01. The van der Waals surface area contributed by atoms with E-state index in [1.54, 1.807) is 0 Å². The van der Waals surface area contributed by atoms with Crippen LogP contribution in [-0.2, 0) is 0 Å². The van der Waals surface area contributed by atoms with E-state index in [2.05, 4.69) is 97.1 Å². The van der Waals surface area contributed by atoms with Gasteiger partial charge < -0.3 is 4.42 Å². The highest BCUT2D eigenvalue weighted by molar-refractivity contribution is 6.07. The van der Waals surface area contributed by atoms with Crippen LogP contribution < -0.4 is 0 Å². The number of furan rings is 1. The molecule has 0 radical (unpaired) electrons. The molecule has 3 heteroatoms. The van der Waals surface area contributed by atoms with Crippen LogP contribution in [0, 0.1) is 0 Å². The van der Waals surface area contributed by atoms with Crippen LogP contribution in [0.3, 0.4) is 0 Å². The fourth-order valence-electron chi connectivity index (χ4n) is 5.48. The van der Waals surface area contributed by atoms with E-state index in [1.807, 2.05) is 36.4 Å². The summed E-state index contributed by atoms with van der Waals surface area (Å²) in [6.45, 7) is 0. The highest BCUT2D eigenvalue weighted by atomic mass is 16.3. The van der Waals surface area contributed by atoms with Crippen LogP contribution in [-0.4, -0.2) is 9.97 Å². The zero-order valence-electron chi connectivity index (χ0n) is 21.0. The van der Waals surface area contributed by atoms with Gasteiger partial charge in [0.15, 0.2) is 5.82 Å². The van der Waals surface area contributed by atoms with Gasteiger partial charge in [0, 0.05) is 27.3 Å². The predicted molar refractivity (Wildman–Crippen MR) is 161 cm³/mol. The van der Waals surface area contributed by atoms with Gasteiger partial charge in [-0.3, -0.25) is 0 Å². The van der Waals surface area contributed by atoms with Gasteiger partial charge in [0.1, 0.15) is 11.2 Å². The average molecular weight is 499 g/mol. The number of nitrogens with zero attached hydrogens (tertiary/aromatic N) is 2. The van der Waals surface area contributed by atoms with Gasteiger partial charge in [0.05, 0.1) is 11.2 Å². The molecule has 0 saturated heterocycles. The van der Waals surface area contributed by atoms with E-state index in [0.29, 0.717) is 5.82 Å². The third-order valence-corrected chi connectivity index (χ3v) is 7.48. The van der Waals surface area contributed by atoms with E-state index in [9.17, 15) is 0 Å². The van der Waals surface area contributed by atoms with Gasteiger partial charge in [0.25, 0.3) is 0 Å². The summed E-state index contributed by atoms with van der Waals surface area (Å²) in [6.07, 6.45) is 0. The molecule has 0 aliphatic heterocycles. The molecular formula is C36H22N2O. The Morgan fingerprint density at radius 2 is 1.08 bits per heavy atom. The van der Waals surface area contributed by atoms with E-state index in [4.69, 9.17) is 14.4 Å². The van der Waals surface area contributed by atoms with Crippen LogP contribution >= 0.6 is 0 Å². The van der Waals surface area contributed by atoms with Crippen molar-refractivity contribution in [2.75, 3.05) is 0 Å². The van der Waals surface area contributed by atoms with E-state index < -0.39 is 0 Å². The molecule has 182 valence electrons. The van der Waals surface area contributed by atoms with Gasteiger partial charge in [-0.25, -0.2) is 9.97 Å². The SMILES string of the molecule is c1ccc2cc(-c3ccc(-c4nc(-c5ccc6oc7ccccc7c6c5)c5ccccc5n4)cc3)ccc2c1. The molecule has 2 aromatic heterocycles. The minimum atomic E-state index is 0.714. The van der Waals surface area contributed by atoms with Gasteiger partial charge in [-0.1, -0.05) is 97.1 Å². The number of aromatic nitrogens is 2. The molecule has 0 N–H and O–H groups in total. The number of benzene rings is 6. The molecule has 0 aliphatic carbocycles. The Morgan fingerprint density at radius 3 is 1.97 bits per heavy atom. The number of hydrogen-bond donors (Lipinski definition) is 0. The molecule has 0 atom stereocenters. The zero-order chi connectivity index (χ0) is 25.8. The van der Waals surface area contributed by atoms with Crippen molar-refractivity contribution in [2.45, 2.75) is 0 Å². The van der Waals surface area contributed by atoms with Crippen LogP contribution in [0.1, 0.15) is 0 Å². The Hall–Kier alpha value is -5.28. The normalized spacial score (nSPS) is 11.6. The van der Waals surface area contributed by atoms with Crippen LogP contribution in [0.4, 0.5) is 0 Å². The summed E-state index contributed by atoms with van der Waals surface area (Å²) in [5.74, 6) is 0.714. The molecule has 0 fully saturated rings. The summed E-state index contributed by atoms with van der Waals surface area (Å²) < 4.78 is 6.06. The lowest BCUT2D eigenvalue weighted by Gasteiger charge is -2.10. The third-order valence-electron chi connectivity index (χ3n) is 7.48. The standard InChI is InChI=1S/C36H22N2O/c1-2-8-26-21-27(18-15-23(26)7-1)24-13-16-25(17-14-24)36-37-32-11-5-3-10-30(32)35(38-36)28-19-20-34-31(22-28)29-9-4-6-12-33(29)39-34/h1-22H. The third kappa shape index (κ3) is 3.67. The van der Waals surface area contributed by atoms with Crippen molar-refractivity contribution in [2.24, 2.45) is 0 Å². The Morgan fingerprint density at radius 1 is 0.410 bits per heavy atom. The molecule has 0 spiro atoms. The monoisotopic (exact) mass is 498 g/mol. The summed E-state index contributed by atoms with van der Waals surface area (Å²) in [6, 6.07) is 46.3. The largest absolute Gasteiger partial charge is 0.456 e. The van der Waals surface area contributed by atoms with E-state index in [-0.39, 0.29) is 0 Å². The summed E-state index contributed by atoms with van der Waals surface area (Å²) in [5, 5.41) is 5.71. The van der Waals surface area contributed by atoms with Crippen molar-refractivity contribution in [3.05, 3.63) is 133 Å². The lowest BCUT2D eigenvalue weighted by atomic mass is 10.00. The van der Waals surface area contributed by atoms with Crippen molar-refractivity contribution < 1.29 is 4.42 Å². The highest BCUT2D eigenvalue weighted by Gasteiger charge is 2.14. The first-order valence-electron chi connectivity index (χ1n) is 13.1. The minimum absolute atomic E-state index is 0.714. The van der Waals surface area contributed by atoms with Crippen molar-refractivity contribution in [3.63, 3.8) is 0 Å². The van der Waals surface area contributed by atoms with Crippen LogP contribution in [0.25, 0.3) is 77.4 Å². The first kappa shape index (κ1) is 21.8. The van der Waals surface area contributed by atoms with Gasteiger partial charge in [0.2, 0.25) is 0 Å². The molecule has 2 heterocycles. The molecule has 8 rings (SSSR count). The molecule has 0 unspecified atom stereocenters. The molecule has 0 bridgehead atoms. The van der Waals surface area contributed by atoms with Crippen molar-refractivity contribution >= 4 is 43.6 Å². The smallest absolute Gasteiger partial charge is 0.160 e. The Kier molecular flexibility index (Phi) is 4.82. The number of rotatable bonds is 3. The fourth-order valence-corrected chi connectivity index (χ4v) is 5.48. The van der Waals surface area contributed by atoms with Crippen LogP contribution in [0.15, 0.2) is 138 Å². The maximum absolute atomic E-state index is 6.06. The minimum Gasteiger partial charge on any atom is -0.456 e. The number of fused-ring (bicyclic) bond motifs is 5. The second-order valence-corrected chi connectivity index (χ2v) is 9.86. The summed E-state index contributed by atoms with van der Waals surface area (Å²) in [4.78, 5) is 10.1. The van der Waals surface area contributed by atoms with E-state index >= 15 is 0 Å². The molecule has 3 nitrogen and oxygen atoms in total. The average Bonchev–Trinajstić information content (AvgIpc) is 3.38. The van der Waals surface area contributed by atoms with E-state index in [0.717, 1.165) is 49.7 Å². The Balaban J connectivity index is 1.25. The van der Waals surface area contributed by atoms with E-state index in [1.165, 1.54) is 21.9 Å². The Bertz CT molecular complexity index is 2170. The summed E-state index contributed by atoms with van der Waals surface area (Å²) in [7, 11) is 0. The highest BCUT2D eigenvalue weighted by Crippen LogP contribution is 2.35. The molecule has 8 aromatic rings. The summed E-state index contributed by atoms with van der Waals surface area (Å²) >= 11 is 0. The lowest BCUT2D eigenvalue weighted by Crippen LogP contribution is -1.95. The molecular weight excluding hydrogens is 476 g/mol. The quantitative estimate of drug-likeness (QED) is 0.243. The molecule has 0 saturated carbocycles. The fraction of sp³-hybridized carbons (Fsp3) is 0. The second-order valence-electron chi connectivity index (χ2n) is 9.86. The van der Waals surface area contributed by atoms with Crippen molar-refractivity contribution in [1.82, 2.24) is 9.97 Å². The number of hydrogen-bond acceptors (Lipinski definition) is 3. The molecule has 6 aromatic carbocycles. The molecule has 0 aliphatic rings. The molecule has 0 amide bonds. The molecule has 39 heavy (non-hydrogen) atoms. The topological polar surface area (TPSA) is 38.9 Å². The first-order valence-corrected chi connectivity index (χ1v) is 13.1. The van der Waals surface area contributed by atoms with Crippen molar-refractivity contribution in [1.29, 1.82) is 0 Å². The van der Waals surface area contributed by atoms with Crippen LogP contribution in [0.5, 0.6) is 0 Å². The van der Waals surface area contributed by atoms with Crippen LogP contribution in [0.2, 0.25) is 0 Å². The van der Waals surface area contributed by atoms with Gasteiger partial charge in [-0.15, -0.1) is 0 Å². The first-order chi connectivity index (χ1) is 19.3.